The highest BCUT2D eigenvalue weighted by Crippen LogP contribution is 2.38. The van der Waals surface area contributed by atoms with E-state index in [1.54, 1.807) is 18.2 Å². The van der Waals surface area contributed by atoms with Gasteiger partial charge < -0.3 is 9.30 Å². The fraction of sp³-hybridized carbons (Fsp3) is 0.115. The minimum absolute atomic E-state index is 0.149. The van der Waals surface area contributed by atoms with Gasteiger partial charge in [-0.1, -0.05) is 18.2 Å². The van der Waals surface area contributed by atoms with Gasteiger partial charge in [0.15, 0.2) is 0 Å². The van der Waals surface area contributed by atoms with Crippen molar-refractivity contribution in [3.8, 4) is 27.1 Å². The number of halogens is 5. The Kier molecular flexibility index (Phi) is 6.96. The van der Waals surface area contributed by atoms with Gasteiger partial charge in [0.1, 0.15) is 23.3 Å². The number of alkyl halides is 3. The molecule has 2 heterocycles. The second kappa shape index (κ2) is 9.99. The highest BCUT2D eigenvalue weighted by molar-refractivity contribution is 7.18. The average Bonchev–Trinajstić information content (AvgIpc) is 3.35. The highest BCUT2D eigenvalue weighted by atomic mass is 32.1. The van der Waals surface area contributed by atoms with E-state index in [1.165, 1.54) is 31.4 Å². The molecule has 188 valence electrons. The van der Waals surface area contributed by atoms with Crippen molar-refractivity contribution in [2.45, 2.75) is 12.7 Å². The molecule has 0 unspecified atom stereocenters. The Hall–Kier alpha value is -4.30. The van der Waals surface area contributed by atoms with Gasteiger partial charge in [0.05, 0.1) is 35.4 Å². The van der Waals surface area contributed by atoms with Gasteiger partial charge in [-0.2, -0.15) is 18.4 Å². The predicted octanol–water partition coefficient (Wildman–Crippen LogP) is 6.25. The van der Waals surface area contributed by atoms with Crippen LogP contribution in [-0.4, -0.2) is 17.6 Å². The fourth-order valence-corrected chi connectivity index (χ4v) is 4.72. The molecule has 2 aromatic heterocycles. The summed E-state index contributed by atoms with van der Waals surface area (Å²) in [7, 11) is 1.24. The molecule has 0 aliphatic heterocycles. The number of ether oxygens (including phenoxy) is 1. The van der Waals surface area contributed by atoms with Gasteiger partial charge in [-0.3, -0.25) is 4.79 Å². The topological polar surface area (TPSA) is 72.1 Å². The fourth-order valence-electron chi connectivity index (χ4n) is 3.68. The van der Waals surface area contributed by atoms with Crippen molar-refractivity contribution in [3.05, 3.63) is 105 Å². The molecule has 0 saturated carbocycles. The van der Waals surface area contributed by atoms with Crippen LogP contribution in [0.25, 0.3) is 21.0 Å². The van der Waals surface area contributed by atoms with Crippen molar-refractivity contribution < 1.29 is 31.5 Å². The molecule has 0 aliphatic rings. The van der Waals surface area contributed by atoms with Crippen LogP contribution in [0.4, 0.5) is 22.0 Å². The quantitative estimate of drug-likeness (QED) is 0.226. The lowest BCUT2D eigenvalue weighted by Gasteiger charge is -2.17. The number of rotatable bonds is 5. The van der Waals surface area contributed by atoms with Gasteiger partial charge in [0.25, 0.3) is 5.56 Å². The second-order valence-corrected chi connectivity index (χ2v) is 8.87. The summed E-state index contributed by atoms with van der Waals surface area (Å²) in [5.74, 6) is -2.39. The largest absolute Gasteiger partial charge is 0.465 e. The molecule has 0 N–H and O–H groups in total. The molecule has 4 aromatic rings. The Morgan fingerprint density at radius 2 is 1.70 bits per heavy atom. The number of carbonyl (C=O) groups is 1. The summed E-state index contributed by atoms with van der Waals surface area (Å²) in [4.78, 5) is 25.6. The van der Waals surface area contributed by atoms with E-state index in [4.69, 9.17) is 0 Å². The first-order chi connectivity index (χ1) is 17.5. The number of hydrogen-bond acceptors (Lipinski definition) is 5. The van der Waals surface area contributed by atoms with E-state index >= 15 is 0 Å². The van der Waals surface area contributed by atoms with E-state index in [1.807, 2.05) is 0 Å². The first-order valence-corrected chi connectivity index (χ1v) is 11.3. The Labute approximate surface area is 210 Å². The number of thiophene rings is 1. The zero-order valence-electron chi connectivity index (χ0n) is 18.9. The molecular weight excluding hydrogens is 515 g/mol. The standard InChI is InChI=1S/C26H15F5N2O3S/c1-36-25(35)15-4-2-14(3-5-15)22-8-9-23(37-22)21-11-19(26(29,30)31)18(12-32)24(34)33(21)13-16-6-7-17(27)10-20(16)28/h2-11H,13H2,1H3. The number of pyridine rings is 1. The first kappa shape index (κ1) is 25.8. The van der Waals surface area contributed by atoms with Crippen LogP contribution >= 0.6 is 11.3 Å². The maximum absolute atomic E-state index is 14.4. The Morgan fingerprint density at radius 3 is 2.30 bits per heavy atom. The third kappa shape index (κ3) is 5.15. The molecule has 5 nitrogen and oxygen atoms in total. The lowest BCUT2D eigenvalue weighted by Crippen LogP contribution is -2.28. The van der Waals surface area contributed by atoms with E-state index in [0.717, 1.165) is 28.0 Å². The van der Waals surface area contributed by atoms with E-state index in [2.05, 4.69) is 4.74 Å². The molecule has 4 rings (SSSR count). The summed E-state index contributed by atoms with van der Waals surface area (Å²) in [6.07, 6.45) is -5.00. The van der Waals surface area contributed by atoms with Gasteiger partial charge in [0, 0.05) is 16.5 Å². The zero-order chi connectivity index (χ0) is 26.9. The molecule has 0 radical (unpaired) electrons. The van der Waals surface area contributed by atoms with Gasteiger partial charge in [-0.05, 0) is 42.0 Å². The lowest BCUT2D eigenvalue weighted by atomic mass is 10.1. The number of nitriles is 1. The molecule has 37 heavy (non-hydrogen) atoms. The van der Waals surface area contributed by atoms with E-state index in [9.17, 15) is 36.8 Å². The smallest absolute Gasteiger partial charge is 0.417 e. The van der Waals surface area contributed by atoms with Crippen LogP contribution in [0.3, 0.4) is 0 Å². The number of benzene rings is 2. The van der Waals surface area contributed by atoms with Crippen LogP contribution in [0.1, 0.15) is 27.0 Å². The van der Waals surface area contributed by atoms with Gasteiger partial charge in [-0.15, -0.1) is 11.3 Å². The summed E-state index contributed by atoms with van der Waals surface area (Å²) in [5.41, 5.74) is -3.19. The van der Waals surface area contributed by atoms with Crippen molar-refractivity contribution in [1.29, 1.82) is 5.26 Å². The first-order valence-electron chi connectivity index (χ1n) is 10.5. The predicted molar refractivity (Wildman–Crippen MR) is 126 cm³/mol. The summed E-state index contributed by atoms with van der Waals surface area (Å²) in [6, 6.07) is 14.0. The molecule has 0 spiro atoms. The third-order valence-corrected chi connectivity index (χ3v) is 6.67. The number of hydrogen-bond donors (Lipinski definition) is 0. The molecule has 11 heteroatoms. The summed E-state index contributed by atoms with van der Waals surface area (Å²) < 4.78 is 74.5. The molecule has 0 aliphatic carbocycles. The SMILES string of the molecule is COC(=O)c1ccc(-c2ccc(-c3cc(C(F)(F)F)c(C#N)c(=O)n3Cc3ccc(F)cc3F)s2)cc1. The van der Waals surface area contributed by atoms with Crippen molar-refractivity contribution in [3.63, 3.8) is 0 Å². The number of nitrogens with zero attached hydrogens (tertiary/aromatic N) is 2. The average molecular weight is 530 g/mol. The number of aromatic nitrogens is 1. The molecule has 0 amide bonds. The van der Waals surface area contributed by atoms with Crippen molar-refractivity contribution in [2.75, 3.05) is 7.11 Å². The van der Waals surface area contributed by atoms with Gasteiger partial charge >= 0.3 is 12.1 Å². The molecule has 0 atom stereocenters. The molecule has 0 fully saturated rings. The summed E-state index contributed by atoms with van der Waals surface area (Å²) in [5, 5.41) is 9.32. The van der Waals surface area contributed by atoms with Crippen molar-refractivity contribution in [1.82, 2.24) is 4.57 Å². The van der Waals surface area contributed by atoms with Gasteiger partial charge in [-0.25, -0.2) is 13.6 Å². The number of methoxy groups -OCH3 is 1. The Bertz CT molecular complexity index is 1600. The van der Waals surface area contributed by atoms with Crippen LogP contribution < -0.4 is 5.56 Å². The monoisotopic (exact) mass is 530 g/mol. The second-order valence-electron chi connectivity index (χ2n) is 7.79. The van der Waals surface area contributed by atoms with Crippen molar-refractivity contribution >= 4 is 17.3 Å². The van der Waals surface area contributed by atoms with Gasteiger partial charge in [0.2, 0.25) is 0 Å². The van der Waals surface area contributed by atoms with Crippen LogP contribution in [-0.2, 0) is 17.5 Å². The minimum atomic E-state index is -5.00. The van der Waals surface area contributed by atoms with Crippen LogP contribution in [0.2, 0.25) is 0 Å². The van der Waals surface area contributed by atoms with Crippen molar-refractivity contribution in [2.24, 2.45) is 0 Å². The van der Waals surface area contributed by atoms with Crippen LogP contribution in [0.15, 0.2) is 65.5 Å². The number of carbonyl (C=O) groups excluding carboxylic acids is 1. The summed E-state index contributed by atoms with van der Waals surface area (Å²) in [6.45, 7) is -0.534. The highest BCUT2D eigenvalue weighted by Gasteiger charge is 2.36. The molecule has 0 saturated heterocycles. The van der Waals surface area contributed by atoms with E-state index in [0.29, 0.717) is 28.1 Å². The lowest BCUT2D eigenvalue weighted by molar-refractivity contribution is -0.137. The van der Waals surface area contributed by atoms with E-state index in [-0.39, 0.29) is 16.1 Å². The summed E-state index contributed by atoms with van der Waals surface area (Å²) >= 11 is 1.05. The van der Waals surface area contributed by atoms with Crippen LogP contribution in [0.5, 0.6) is 0 Å². The number of esters is 1. The Balaban J connectivity index is 1.87. The zero-order valence-corrected chi connectivity index (χ0v) is 19.7. The minimum Gasteiger partial charge on any atom is -0.465 e. The van der Waals surface area contributed by atoms with Crippen LogP contribution in [0, 0.1) is 23.0 Å². The molecule has 0 bridgehead atoms. The normalized spacial score (nSPS) is 11.3. The Morgan fingerprint density at radius 1 is 1.03 bits per heavy atom. The molecular formula is C26H15F5N2O3S. The maximum Gasteiger partial charge on any atom is 0.417 e. The third-order valence-electron chi connectivity index (χ3n) is 5.51. The maximum atomic E-state index is 14.4. The molecule has 2 aromatic carbocycles. The van der Waals surface area contributed by atoms with E-state index < -0.39 is 47.0 Å².